The molecule has 0 saturated carbocycles. The average molecular weight is 307 g/mol. The smallest absolute Gasteiger partial charge is 0.363 e. The lowest BCUT2D eigenvalue weighted by atomic mass is 10.1. The second kappa shape index (κ2) is 5.28. The minimum absolute atomic E-state index is 0.215. The third-order valence-electron chi connectivity index (χ3n) is 3.70. The van der Waals surface area contributed by atoms with Crippen LogP contribution in [0.5, 0.6) is 11.5 Å². The molecule has 0 bridgehead atoms. The number of fused-ring (bicyclic) bond motifs is 1. The zero-order valence-electron chi connectivity index (χ0n) is 12.4. The molecule has 5 heteroatoms. The summed E-state index contributed by atoms with van der Waals surface area (Å²) < 4.78 is 15.9. The van der Waals surface area contributed by atoms with Crippen molar-refractivity contribution in [2.24, 2.45) is 4.99 Å². The molecule has 0 amide bonds. The van der Waals surface area contributed by atoms with Crippen LogP contribution in [0.2, 0.25) is 0 Å². The lowest BCUT2D eigenvalue weighted by Crippen LogP contribution is -2.06. The van der Waals surface area contributed by atoms with E-state index in [9.17, 15) is 4.79 Å². The molecule has 0 unspecified atom stereocenters. The highest BCUT2D eigenvalue weighted by atomic mass is 16.7. The van der Waals surface area contributed by atoms with Gasteiger partial charge in [0.2, 0.25) is 12.7 Å². The standard InChI is InChI=1S/C18H13NO4/c1-11-4-2-3-5-13(11)17-19-14(18(20)23-17)8-12-6-7-15-16(9-12)22-10-21-15/h2-9H,10H2,1H3/b14-8+. The van der Waals surface area contributed by atoms with Gasteiger partial charge in [-0.3, -0.25) is 0 Å². The number of hydrogen-bond acceptors (Lipinski definition) is 5. The van der Waals surface area contributed by atoms with Crippen molar-refractivity contribution >= 4 is 17.9 Å². The van der Waals surface area contributed by atoms with Crippen LogP contribution >= 0.6 is 0 Å². The van der Waals surface area contributed by atoms with Gasteiger partial charge >= 0.3 is 5.97 Å². The SMILES string of the molecule is Cc1ccccc1C1=N/C(=C/c2ccc3c(c2)OCO3)C(=O)O1. The maximum atomic E-state index is 12.0. The molecule has 0 N–H and O–H groups in total. The highest BCUT2D eigenvalue weighted by molar-refractivity contribution is 6.13. The van der Waals surface area contributed by atoms with Gasteiger partial charge in [-0.1, -0.05) is 24.3 Å². The van der Waals surface area contributed by atoms with Crippen molar-refractivity contribution in [3.05, 3.63) is 64.9 Å². The minimum Gasteiger partial charge on any atom is -0.454 e. The first-order valence-electron chi connectivity index (χ1n) is 7.19. The molecule has 0 radical (unpaired) electrons. The normalized spacial score (nSPS) is 17.3. The van der Waals surface area contributed by atoms with E-state index in [4.69, 9.17) is 14.2 Å². The lowest BCUT2D eigenvalue weighted by Gasteiger charge is -2.02. The topological polar surface area (TPSA) is 57.1 Å². The molecule has 4 rings (SSSR count). The van der Waals surface area contributed by atoms with Crippen LogP contribution in [0.4, 0.5) is 0 Å². The summed E-state index contributed by atoms with van der Waals surface area (Å²) in [6, 6.07) is 13.1. The van der Waals surface area contributed by atoms with Gasteiger partial charge in [0.05, 0.1) is 0 Å². The molecule has 0 spiro atoms. The van der Waals surface area contributed by atoms with E-state index in [-0.39, 0.29) is 12.5 Å². The van der Waals surface area contributed by atoms with Crippen LogP contribution in [0.25, 0.3) is 6.08 Å². The lowest BCUT2D eigenvalue weighted by molar-refractivity contribution is -0.129. The summed E-state index contributed by atoms with van der Waals surface area (Å²) in [6.45, 7) is 2.16. The molecule has 2 aliphatic heterocycles. The highest BCUT2D eigenvalue weighted by Gasteiger charge is 2.25. The van der Waals surface area contributed by atoms with Crippen LogP contribution in [0.3, 0.4) is 0 Å². The first-order valence-corrected chi connectivity index (χ1v) is 7.19. The van der Waals surface area contributed by atoms with Gasteiger partial charge in [0.25, 0.3) is 0 Å². The fourth-order valence-corrected chi connectivity index (χ4v) is 2.50. The number of cyclic esters (lactones) is 1. The number of carbonyl (C=O) groups is 1. The van der Waals surface area contributed by atoms with E-state index in [0.29, 0.717) is 17.4 Å². The zero-order valence-corrected chi connectivity index (χ0v) is 12.4. The van der Waals surface area contributed by atoms with Gasteiger partial charge in [-0.05, 0) is 42.3 Å². The Bertz CT molecular complexity index is 867. The molecule has 0 aliphatic carbocycles. The second-order valence-corrected chi connectivity index (χ2v) is 5.26. The molecular formula is C18H13NO4. The Labute approximate surface area is 132 Å². The largest absolute Gasteiger partial charge is 0.454 e. The van der Waals surface area contributed by atoms with Crippen LogP contribution in [0.15, 0.2) is 53.2 Å². The molecule has 23 heavy (non-hydrogen) atoms. The van der Waals surface area contributed by atoms with E-state index in [1.807, 2.05) is 43.3 Å². The number of aliphatic imine (C=N–C) groups is 1. The number of nitrogens with zero attached hydrogens (tertiary/aromatic N) is 1. The summed E-state index contributed by atoms with van der Waals surface area (Å²) in [5.41, 5.74) is 2.89. The number of hydrogen-bond donors (Lipinski definition) is 0. The zero-order chi connectivity index (χ0) is 15.8. The number of benzene rings is 2. The van der Waals surface area contributed by atoms with Crippen molar-refractivity contribution in [2.75, 3.05) is 6.79 Å². The van der Waals surface area contributed by atoms with Gasteiger partial charge in [0, 0.05) is 5.56 Å². The Morgan fingerprint density at radius 1 is 1.09 bits per heavy atom. The molecule has 0 fully saturated rings. The molecule has 5 nitrogen and oxygen atoms in total. The number of esters is 1. The molecule has 2 heterocycles. The fourth-order valence-electron chi connectivity index (χ4n) is 2.50. The first kappa shape index (κ1) is 13.6. The Balaban J connectivity index is 1.69. The van der Waals surface area contributed by atoms with Crippen LogP contribution in [0.1, 0.15) is 16.7 Å². The number of carbonyl (C=O) groups excluding carboxylic acids is 1. The summed E-state index contributed by atoms with van der Waals surface area (Å²) >= 11 is 0. The molecule has 2 aliphatic rings. The minimum atomic E-state index is -0.457. The van der Waals surface area contributed by atoms with Gasteiger partial charge in [0.1, 0.15) is 0 Å². The second-order valence-electron chi connectivity index (χ2n) is 5.26. The summed E-state index contributed by atoms with van der Waals surface area (Å²) in [6.07, 6.45) is 1.68. The molecule has 0 atom stereocenters. The Morgan fingerprint density at radius 3 is 2.78 bits per heavy atom. The number of aryl methyl sites for hydroxylation is 1. The van der Waals surface area contributed by atoms with Gasteiger partial charge in [0.15, 0.2) is 17.2 Å². The summed E-state index contributed by atoms with van der Waals surface area (Å²) in [5.74, 6) is 1.24. The summed E-state index contributed by atoms with van der Waals surface area (Å²) in [4.78, 5) is 16.4. The van der Waals surface area contributed by atoms with Crippen molar-refractivity contribution < 1.29 is 19.0 Å². The van der Waals surface area contributed by atoms with Crippen molar-refractivity contribution in [1.29, 1.82) is 0 Å². The molecule has 2 aromatic carbocycles. The number of rotatable bonds is 2. The highest BCUT2D eigenvalue weighted by Crippen LogP contribution is 2.33. The van der Waals surface area contributed by atoms with E-state index in [1.165, 1.54) is 0 Å². The van der Waals surface area contributed by atoms with E-state index >= 15 is 0 Å². The predicted octanol–water partition coefficient (Wildman–Crippen LogP) is 3.07. The van der Waals surface area contributed by atoms with Gasteiger partial charge in [-0.25, -0.2) is 9.79 Å². The Hall–Kier alpha value is -3.08. The van der Waals surface area contributed by atoms with Crippen molar-refractivity contribution in [1.82, 2.24) is 0 Å². The quantitative estimate of drug-likeness (QED) is 0.632. The first-order chi connectivity index (χ1) is 11.2. The number of ether oxygens (including phenoxy) is 3. The van der Waals surface area contributed by atoms with Crippen LogP contribution < -0.4 is 9.47 Å². The third-order valence-corrected chi connectivity index (χ3v) is 3.70. The molecule has 0 aromatic heterocycles. The monoisotopic (exact) mass is 307 g/mol. The van der Waals surface area contributed by atoms with Gasteiger partial charge < -0.3 is 14.2 Å². The van der Waals surface area contributed by atoms with E-state index in [2.05, 4.69) is 4.99 Å². The molecule has 114 valence electrons. The van der Waals surface area contributed by atoms with Crippen LogP contribution in [0, 0.1) is 6.92 Å². The Morgan fingerprint density at radius 2 is 1.91 bits per heavy atom. The average Bonchev–Trinajstić information content (AvgIpc) is 3.14. The maximum absolute atomic E-state index is 12.0. The van der Waals surface area contributed by atoms with Crippen molar-refractivity contribution in [3.8, 4) is 11.5 Å². The van der Waals surface area contributed by atoms with Gasteiger partial charge in [-0.2, -0.15) is 0 Å². The van der Waals surface area contributed by atoms with E-state index in [1.54, 1.807) is 12.1 Å². The predicted molar refractivity (Wildman–Crippen MR) is 84.4 cm³/mol. The van der Waals surface area contributed by atoms with Crippen molar-refractivity contribution in [2.45, 2.75) is 6.92 Å². The van der Waals surface area contributed by atoms with Gasteiger partial charge in [-0.15, -0.1) is 0 Å². The molecule has 0 saturated heterocycles. The Kier molecular flexibility index (Phi) is 3.12. The molecule has 2 aromatic rings. The molecular weight excluding hydrogens is 294 g/mol. The third kappa shape index (κ3) is 2.46. The summed E-state index contributed by atoms with van der Waals surface area (Å²) in [7, 11) is 0. The van der Waals surface area contributed by atoms with E-state index < -0.39 is 5.97 Å². The fraction of sp³-hybridized carbons (Fsp3) is 0.111. The van der Waals surface area contributed by atoms with Crippen LogP contribution in [-0.2, 0) is 9.53 Å². The maximum Gasteiger partial charge on any atom is 0.363 e. The van der Waals surface area contributed by atoms with Crippen LogP contribution in [-0.4, -0.2) is 18.7 Å². The summed E-state index contributed by atoms with van der Waals surface area (Å²) in [5, 5.41) is 0. The van der Waals surface area contributed by atoms with E-state index in [0.717, 1.165) is 16.7 Å². The van der Waals surface area contributed by atoms with Crippen molar-refractivity contribution in [3.63, 3.8) is 0 Å².